The molecule has 0 saturated carbocycles. The molecule has 144 valence electrons. The van der Waals surface area contributed by atoms with Crippen molar-refractivity contribution in [2.45, 2.75) is 32.9 Å². The monoisotopic (exact) mass is 370 g/mol. The Morgan fingerprint density at radius 1 is 1.04 bits per heavy atom. The zero-order chi connectivity index (χ0) is 19.4. The first-order valence-corrected chi connectivity index (χ1v) is 9.31. The van der Waals surface area contributed by atoms with Gasteiger partial charge in [0.2, 0.25) is 5.91 Å². The number of amides is 1. The highest BCUT2D eigenvalue weighted by molar-refractivity contribution is 5.76. The van der Waals surface area contributed by atoms with Gasteiger partial charge in [-0.2, -0.15) is 0 Å². The van der Waals surface area contributed by atoms with Crippen LogP contribution in [0.15, 0.2) is 46.1 Å². The van der Waals surface area contributed by atoms with Gasteiger partial charge < -0.3 is 4.90 Å². The van der Waals surface area contributed by atoms with E-state index in [2.05, 4.69) is 48.0 Å². The van der Waals surface area contributed by atoms with E-state index < -0.39 is 11.2 Å². The van der Waals surface area contributed by atoms with Gasteiger partial charge in [-0.15, -0.1) is 0 Å². The fraction of sp³-hybridized carbons (Fsp3) is 0.450. The Bertz CT molecular complexity index is 890. The molecule has 0 aliphatic carbocycles. The third-order valence-corrected chi connectivity index (χ3v) is 4.98. The van der Waals surface area contributed by atoms with Crippen molar-refractivity contribution in [2.75, 3.05) is 26.2 Å². The molecule has 0 unspecified atom stereocenters. The lowest BCUT2D eigenvalue weighted by molar-refractivity contribution is -0.133. The molecule has 3 rings (SSSR count). The first kappa shape index (κ1) is 19.1. The Morgan fingerprint density at radius 3 is 2.30 bits per heavy atom. The van der Waals surface area contributed by atoms with Crippen molar-refractivity contribution >= 4 is 5.91 Å². The number of rotatable bonds is 5. The summed E-state index contributed by atoms with van der Waals surface area (Å²) in [5.41, 5.74) is 1.60. The fourth-order valence-corrected chi connectivity index (χ4v) is 3.24. The van der Waals surface area contributed by atoms with Gasteiger partial charge >= 0.3 is 5.69 Å². The summed E-state index contributed by atoms with van der Waals surface area (Å²) in [7, 11) is 0. The van der Waals surface area contributed by atoms with Gasteiger partial charge in [0, 0.05) is 45.0 Å². The summed E-state index contributed by atoms with van der Waals surface area (Å²) < 4.78 is 1.23. The summed E-state index contributed by atoms with van der Waals surface area (Å²) in [6.45, 7) is 8.09. The van der Waals surface area contributed by atoms with Gasteiger partial charge in [-0.1, -0.05) is 38.1 Å². The van der Waals surface area contributed by atoms with Gasteiger partial charge in [0.25, 0.3) is 5.56 Å². The van der Waals surface area contributed by atoms with E-state index in [0.29, 0.717) is 19.0 Å². The van der Waals surface area contributed by atoms with Crippen LogP contribution in [0.2, 0.25) is 0 Å². The highest BCUT2D eigenvalue weighted by Crippen LogP contribution is 2.16. The average molecular weight is 370 g/mol. The molecule has 7 heteroatoms. The zero-order valence-electron chi connectivity index (χ0n) is 15.9. The standard InChI is InChI=1S/C20H26N4O3/c1-15(2)17-5-3-16(4-6-17)13-22-9-11-23(12-10-22)19(26)14-24-8-7-18(25)21-20(24)27/h3-8,15H,9-14H2,1-2H3,(H,21,25,27). The van der Waals surface area contributed by atoms with E-state index in [4.69, 9.17) is 0 Å². The smallest absolute Gasteiger partial charge is 0.328 e. The lowest BCUT2D eigenvalue weighted by atomic mass is 10.0. The Balaban J connectivity index is 1.51. The van der Waals surface area contributed by atoms with Crippen LogP contribution in [0, 0.1) is 0 Å². The molecule has 1 saturated heterocycles. The second-order valence-electron chi connectivity index (χ2n) is 7.29. The Kier molecular flexibility index (Phi) is 5.91. The van der Waals surface area contributed by atoms with E-state index in [-0.39, 0.29) is 12.5 Å². The summed E-state index contributed by atoms with van der Waals surface area (Å²) in [5.74, 6) is 0.425. The van der Waals surface area contributed by atoms with Crippen LogP contribution in [0.1, 0.15) is 30.9 Å². The molecule has 0 spiro atoms. The Labute approximate surface area is 158 Å². The highest BCUT2D eigenvalue weighted by atomic mass is 16.2. The third-order valence-electron chi connectivity index (χ3n) is 4.98. The molecule has 2 aromatic rings. The maximum absolute atomic E-state index is 12.4. The fourth-order valence-electron chi connectivity index (χ4n) is 3.24. The second-order valence-corrected chi connectivity index (χ2v) is 7.29. The Morgan fingerprint density at radius 2 is 1.70 bits per heavy atom. The summed E-state index contributed by atoms with van der Waals surface area (Å²) >= 11 is 0. The quantitative estimate of drug-likeness (QED) is 0.852. The van der Waals surface area contributed by atoms with Crippen molar-refractivity contribution < 1.29 is 4.79 Å². The van der Waals surface area contributed by atoms with Gasteiger partial charge in [0.05, 0.1) is 0 Å². The van der Waals surface area contributed by atoms with Crippen molar-refractivity contribution in [3.8, 4) is 0 Å². The molecule has 0 radical (unpaired) electrons. The Hall–Kier alpha value is -2.67. The number of piperazine rings is 1. The van der Waals surface area contributed by atoms with Crippen LogP contribution >= 0.6 is 0 Å². The first-order valence-electron chi connectivity index (χ1n) is 9.31. The molecule has 2 heterocycles. The van der Waals surface area contributed by atoms with Crippen molar-refractivity contribution in [3.63, 3.8) is 0 Å². The van der Waals surface area contributed by atoms with Crippen molar-refractivity contribution in [2.24, 2.45) is 0 Å². The van der Waals surface area contributed by atoms with E-state index in [0.717, 1.165) is 19.6 Å². The number of hydrogen-bond acceptors (Lipinski definition) is 4. The molecule has 1 aliphatic heterocycles. The number of nitrogens with zero attached hydrogens (tertiary/aromatic N) is 3. The van der Waals surface area contributed by atoms with Gasteiger partial charge in [-0.3, -0.25) is 24.0 Å². The minimum absolute atomic E-state index is 0.0493. The summed E-state index contributed by atoms with van der Waals surface area (Å²) in [6.07, 6.45) is 1.36. The summed E-state index contributed by atoms with van der Waals surface area (Å²) in [6, 6.07) is 9.96. The number of aromatic nitrogens is 2. The second kappa shape index (κ2) is 8.35. The lowest BCUT2D eigenvalue weighted by Crippen LogP contribution is -2.49. The van der Waals surface area contributed by atoms with Crippen LogP contribution in [0.25, 0.3) is 0 Å². The molecule has 1 aromatic heterocycles. The number of aromatic amines is 1. The van der Waals surface area contributed by atoms with Gasteiger partial charge in [0.1, 0.15) is 6.54 Å². The van der Waals surface area contributed by atoms with E-state index in [1.807, 2.05) is 0 Å². The van der Waals surface area contributed by atoms with Crippen molar-refractivity contribution in [1.82, 2.24) is 19.4 Å². The number of hydrogen-bond donors (Lipinski definition) is 1. The van der Waals surface area contributed by atoms with Gasteiger partial charge in [-0.25, -0.2) is 4.79 Å². The minimum Gasteiger partial charge on any atom is -0.339 e. The molecule has 1 amide bonds. The summed E-state index contributed by atoms with van der Waals surface area (Å²) in [5, 5.41) is 0. The number of carbonyl (C=O) groups excluding carboxylic acids is 1. The van der Waals surface area contributed by atoms with Gasteiger partial charge in [-0.05, 0) is 17.0 Å². The largest absolute Gasteiger partial charge is 0.339 e. The SMILES string of the molecule is CC(C)c1ccc(CN2CCN(C(=O)Cn3ccc(=O)[nH]c3=O)CC2)cc1. The average Bonchev–Trinajstić information content (AvgIpc) is 2.65. The van der Waals surface area contributed by atoms with Crippen LogP contribution < -0.4 is 11.2 Å². The predicted molar refractivity (Wildman–Crippen MR) is 104 cm³/mol. The molecule has 0 atom stereocenters. The molecular weight excluding hydrogens is 344 g/mol. The van der Waals surface area contributed by atoms with E-state index in [1.165, 1.54) is 28.0 Å². The molecule has 0 bridgehead atoms. The molecule has 27 heavy (non-hydrogen) atoms. The van der Waals surface area contributed by atoms with E-state index in [1.54, 1.807) is 4.90 Å². The van der Waals surface area contributed by atoms with Crippen molar-refractivity contribution in [1.29, 1.82) is 0 Å². The van der Waals surface area contributed by atoms with E-state index >= 15 is 0 Å². The van der Waals surface area contributed by atoms with Crippen molar-refractivity contribution in [3.05, 3.63) is 68.5 Å². The molecule has 1 aliphatic rings. The van der Waals surface area contributed by atoms with Gasteiger partial charge in [0.15, 0.2) is 0 Å². The normalized spacial score (nSPS) is 15.3. The maximum Gasteiger partial charge on any atom is 0.328 e. The topological polar surface area (TPSA) is 78.4 Å². The lowest BCUT2D eigenvalue weighted by Gasteiger charge is -2.34. The zero-order valence-corrected chi connectivity index (χ0v) is 15.9. The summed E-state index contributed by atoms with van der Waals surface area (Å²) in [4.78, 5) is 41.5. The van der Waals surface area contributed by atoms with Crippen LogP contribution in [0.4, 0.5) is 0 Å². The highest BCUT2D eigenvalue weighted by Gasteiger charge is 2.21. The van der Waals surface area contributed by atoms with Crippen LogP contribution in [0.3, 0.4) is 0 Å². The molecule has 1 aromatic carbocycles. The molecule has 1 N–H and O–H groups in total. The van der Waals surface area contributed by atoms with Crippen LogP contribution in [-0.4, -0.2) is 51.4 Å². The number of benzene rings is 1. The number of carbonyl (C=O) groups is 1. The van der Waals surface area contributed by atoms with E-state index in [9.17, 15) is 14.4 Å². The maximum atomic E-state index is 12.4. The number of nitrogens with one attached hydrogen (secondary N) is 1. The first-order chi connectivity index (χ1) is 12.9. The van der Waals surface area contributed by atoms with Crippen LogP contribution in [0.5, 0.6) is 0 Å². The minimum atomic E-state index is -0.556. The van der Waals surface area contributed by atoms with Crippen LogP contribution in [-0.2, 0) is 17.9 Å². The molecular formula is C20H26N4O3. The third kappa shape index (κ3) is 4.95. The predicted octanol–water partition coefficient (Wildman–Crippen LogP) is 1.00. The molecule has 1 fully saturated rings. The molecule has 7 nitrogen and oxygen atoms in total. The number of H-pyrrole nitrogens is 1.